The van der Waals surface area contributed by atoms with Crippen molar-refractivity contribution in [2.45, 2.75) is 13.0 Å². The average molecular weight is 467 g/mol. The third kappa shape index (κ3) is 5.53. The first-order valence-corrected chi connectivity index (χ1v) is 10.4. The summed E-state index contributed by atoms with van der Waals surface area (Å²) in [5, 5.41) is 22.1. The van der Waals surface area contributed by atoms with Crippen molar-refractivity contribution >= 4 is 22.8 Å². The topological polar surface area (TPSA) is 160 Å². The lowest BCUT2D eigenvalue weighted by Gasteiger charge is -2.10. The Labute approximate surface area is 195 Å². The van der Waals surface area contributed by atoms with Gasteiger partial charge in [-0.3, -0.25) is 10.2 Å². The van der Waals surface area contributed by atoms with Crippen LogP contribution in [0.4, 0.5) is 0 Å². The summed E-state index contributed by atoms with van der Waals surface area (Å²) < 4.78 is 0. The fraction of sp³-hybridized carbons (Fsp3) is 0.273. The van der Waals surface area contributed by atoms with Gasteiger partial charge in [0.1, 0.15) is 0 Å². The van der Waals surface area contributed by atoms with E-state index in [1.807, 2.05) is 18.2 Å². The van der Waals surface area contributed by atoms with Gasteiger partial charge in [-0.2, -0.15) is 5.01 Å². The average Bonchev–Trinajstić information content (AvgIpc) is 3.08. The summed E-state index contributed by atoms with van der Waals surface area (Å²) in [6.45, 7) is 1.61. The maximum absolute atomic E-state index is 12.3. The molecule has 0 fully saturated rings. The van der Waals surface area contributed by atoms with Crippen molar-refractivity contribution in [3.05, 3.63) is 74.2 Å². The number of hydrogen-bond acceptors (Lipinski definition) is 7. The number of nitrogens with one attached hydrogen (secondary N) is 4. The van der Waals surface area contributed by atoms with E-state index in [9.17, 15) is 19.8 Å². The Balaban J connectivity index is 0.000000277. The van der Waals surface area contributed by atoms with E-state index >= 15 is 0 Å². The minimum Gasteiger partial charge on any atom is -0.354 e. The first-order chi connectivity index (χ1) is 16.2. The smallest absolute Gasteiger partial charge is 0.276 e. The number of nitro groups is 1. The molecule has 2 aromatic carbocycles. The molecule has 0 radical (unpaired) electrons. The van der Waals surface area contributed by atoms with E-state index in [1.54, 1.807) is 0 Å². The number of aromatic amines is 1. The standard InChI is InChI=1S/C20H21N3O.C2H5N5O3/c1-23(2)12-13-6-8-14(9-7-13)19-15-10-11-21-20(24)16-4-3-5-17(22-19)18(15)16;1-6(5-8)2(3)4-7(9)10/h3-9,22H,10-12H2,1-2H3,(H,21,24);1H3,(H2,3,4). The van der Waals surface area contributed by atoms with Crippen LogP contribution in [0.25, 0.3) is 22.2 Å². The van der Waals surface area contributed by atoms with E-state index < -0.39 is 11.0 Å². The number of hydrazine groups is 1. The molecule has 12 nitrogen and oxygen atoms in total. The van der Waals surface area contributed by atoms with Crippen molar-refractivity contribution in [2.75, 3.05) is 27.7 Å². The molecule has 1 amide bonds. The van der Waals surface area contributed by atoms with Gasteiger partial charge < -0.3 is 15.2 Å². The molecule has 178 valence electrons. The lowest BCUT2D eigenvalue weighted by Crippen LogP contribution is -2.38. The number of benzene rings is 2. The fourth-order valence-corrected chi connectivity index (χ4v) is 3.74. The van der Waals surface area contributed by atoms with E-state index in [0.29, 0.717) is 11.6 Å². The third-order valence-corrected chi connectivity index (χ3v) is 5.22. The summed E-state index contributed by atoms with van der Waals surface area (Å²) in [6.07, 6.45) is 0.845. The van der Waals surface area contributed by atoms with Gasteiger partial charge in [-0.15, -0.1) is 4.91 Å². The highest BCUT2D eigenvalue weighted by Crippen LogP contribution is 2.34. The highest BCUT2D eigenvalue weighted by molar-refractivity contribution is 6.10. The van der Waals surface area contributed by atoms with Crippen LogP contribution in [0.3, 0.4) is 0 Å². The van der Waals surface area contributed by atoms with Gasteiger partial charge in [-0.25, -0.2) is 10.1 Å². The molecule has 12 heteroatoms. The Morgan fingerprint density at radius 1 is 1.21 bits per heavy atom. The van der Waals surface area contributed by atoms with E-state index in [2.05, 4.69) is 58.8 Å². The Bertz CT molecular complexity index is 1220. The molecule has 2 heterocycles. The maximum atomic E-state index is 12.3. The summed E-state index contributed by atoms with van der Waals surface area (Å²) in [4.78, 5) is 37.2. The zero-order chi connectivity index (χ0) is 24.8. The van der Waals surface area contributed by atoms with Gasteiger partial charge in [0.2, 0.25) is 0 Å². The number of rotatable bonds is 5. The lowest BCUT2D eigenvalue weighted by molar-refractivity contribution is -0.526. The maximum Gasteiger partial charge on any atom is 0.276 e. The van der Waals surface area contributed by atoms with Crippen LogP contribution in [-0.4, -0.2) is 59.5 Å². The summed E-state index contributed by atoms with van der Waals surface area (Å²) in [7, 11) is 5.27. The number of aromatic nitrogens is 1. The molecule has 4 rings (SSSR count). The number of H-pyrrole nitrogens is 1. The summed E-state index contributed by atoms with van der Waals surface area (Å²) in [6, 6.07) is 14.6. The molecule has 4 N–H and O–H groups in total. The fourth-order valence-electron chi connectivity index (χ4n) is 3.74. The second-order valence-electron chi connectivity index (χ2n) is 7.97. The molecule has 34 heavy (non-hydrogen) atoms. The van der Waals surface area contributed by atoms with Crippen LogP contribution < -0.4 is 10.7 Å². The molecule has 0 spiro atoms. The number of nitroso groups, excluding NO2 is 1. The molecule has 3 aromatic rings. The summed E-state index contributed by atoms with van der Waals surface area (Å²) in [5.41, 5.74) is 8.07. The number of guanidine groups is 1. The first-order valence-electron chi connectivity index (χ1n) is 10.4. The monoisotopic (exact) mass is 466 g/mol. The van der Waals surface area contributed by atoms with Crippen molar-refractivity contribution in [2.24, 2.45) is 5.29 Å². The van der Waals surface area contributed by atoms with E-state index in [0.717, 1.165) is 42.2 Å². The van der Waals surface area contributed by atoms with Gasteiger partial charge >= 0.3 is 0 Å². The Hall–Kier alpha value is -4.32. The van der Waals surface area contributed by atoms with Gasteiger partial charge in [-0.1, -0.05) is 35.8 Å². The van der Waals surface area contributed by atoms with Gasteiger partial charge in [0.25, 0.3) is 11.9 Å². The predicted octanol–water partition coefficient (Wildman–Crippen LogP) is 2.50. The van der Waals surface area contributed by atoms with Gasteiger partial charge in [0.15, 0.2) is 5.03 Å². The van der Waals surface area contributed by atoms with Crippen LogP contribution in [0.2, 0.25) is 0 Å². The lowest BCUT2D eigenvalue weighted by atomic mass is 10.00. The number of carbonyl (C=O) groups excluding carboxylic acids is 1. The molecule has 1 aliphatic heterocycles. The molecular weight excluding hydrogens is 440 g/mol. The normalized spacial score (nSPS) is 12.3. The van der Waals surface area contributed by atoms with Crippen LogP contribution >= 0.6 is 0 Å². The quantitative estimate of drug-likeness (QED) is 0.148. The van der Waals surface area contributed by atoms with Crippen molar-refractivity contribution in [1.82, 2.24) is 25.6 Å². The first kappa shape index (κ1) is 24.3. The number of carbonyl (C=O) groups is 1. The van der Waals surface area contributed by atoms with Gasteiger partial charge in [-0.05, 0) is 49.3 Å². The third-order valence-electron chi connectivity index (χ3n) is 5.22. The molecule has 0 bridgehead atoms. The molecular formula is C22H26N8O4. The molecule has 0 saturated heterocycles. The summed E-state index contributed by atoms with van der Waals surface area (Å²) in [5.74, 6) is -0.661. The van der Waals surface area contributed by atoms with Crippen molar-refractivity contribution in [3.63, 3.8) is 0 Å². The second-order valence-corrected chi connectivity index (χ2v) is 7.97. The minimum absolute atomic E-state index is 0.0197. The van der Waals surface area contributed by atoms with E-state index in [1.165, 1.54) is 22.1 Å². The molecule has 0 atom stereocenters. The SMILES string of the molecule is CN(C)Cc1ccc(-c2[nH]c3cccc4c3c2CCNC4=O)cc1.CN(N=O)C(=N)N[N+](=O)[O-]. The van der Waals surface area contributed by atoms with Crippen LogP contribution in [0.15, 0.2) is 47.8 Å². The molecule has 0 aliphatic carbocycles. The second kappa shape index (κ2) is 10.5. The Morgan fingerprint density at radius 3 is 2.53 bits per heavy atom. The van der Waals surface area contributed by atoms with Gasteiger partial charge in [0, 0.05) is 42.3 Å². The summed E-state index contributed by atoms with van der Waals surface area (Å²) >= 11 is 0. The number of amides is 1. The zero-order valence-electron chi connectivity index (χ0n) is 19.1. The van der Waals surface area contributed by atoms with Crippen LogP contribution in [0.5, 0.6) is 0 Å². The Morgan fingerprint density at radius 2 is 1.91 bits per heavy atom. The number of nitrogens with zero attached hydrogens (tertiary/aromatic N) is 4. The van der Waals surface area contributed by atoms with E-state index in [4.69, 9.17) is 5.41 Å². The molecule has 1 aliphatic rings. The van der Waals surface area contributed by atoms with E-state index in [-0.39, 0.29) is 5.91 Å². The Kier molecular flexibility index (Phi) is 7.53. The van der Waals surface area contributed by atoms with Crippen LogP contribution in [0, 0.1) is 20.4 Å². The van der Waals surface area contributed by atoms with Crippen molar-refractivity contribution in [3.8, 4) is 11.3 Å². The molecule has 0 unspecified atom stereocenters. The van der Waals surface area contributed by atoms with Crippen LogP contribution in [0.1, 0.15) is 21.5 Å². The largest absolute Gasteiger partial charge is 0.354 e. The number of hydrogen-bond donors (Lipinski definition) is 4. The van der Waals surface area contributed by atoms with Crippen molar-refractivity contribution < 1.29 is 9.83 Å². The molecule has 0 saturated carbocycles. The van der Waals surface area contributed by atoms with Crippen molar-refractivity contribution in [1.29, 1.82) is 5.41 Å². The van der Waals surface area contributed by atoms with Crippen LogP contribution in [-0.2, 0) is 13.0 Å². The molecule has 1 aromatic heterocycles. The van der Waals surface area contributed by atoms with Gasteiger partial charge in [0.05, 0.1) is 5.29 Å². The zero-order valence-corrected chi connectivity index (χ0v) is 19.1. The predicted molar refractivity (Wildman–Crippen MR) is 129 cm³/mol. The highest BCUT2D eigenvalue weighted by Gasteiger charge is 2.21. The minimum atomic E-state index is -0.954. The highest BCUT2D eigenvalue weighted by atomic mass is 16.7.